The number of anilines is 1. The molecule has 0 bridgehead atoms. The molecule has 1 atom stereocenters. The van der Waals surface area contributed by atoms with E-state index in [0.717, 1.165) is 24.2 Å². The normalized spacial score (nSPS) is 14.8. The number of nitrogens with one attached hydrogen (secondary N) is 2. The summed E-state index contributed by atoms with van der Waals surface area (Å²) in [5.41, 5.74) is 2.15. The third kappa shape index (κ3) is 4.45. The molecule has 1 aromatic heterocycles. The van der Waals surface area contributed by atoms with Gasteiger partial charge in [0, 0.05) is 11.5 Å². The lowest BCUT2D eigenvalue weighted by Gasteiger charge is -2.21. The Morgan fingerprint density at radius 1 is 1.08 bits per heavy atom. The van der Waals surface area contributed by atoms with Gasteiger partial charge in [-0.1, -0.05) is 31.5 Å². The van der Waals surface area contributed by atoms with Crippen LogP contribution < -0.4 is 10.6 Å². The standard InChI is InChI=1S/C20H24N4O2/c1-12(2)17(24-19(25)15-6-4-13(3)5-7-15)20(26)23-16-10-21-18(22-11-16)14-8-9-14/h4-7,10-12,14,17H,8-9H2,1-3H3,(H,23,26)(H,24,25). The van der Waals surface area contributed by atoms with Crippen LogP contribution in [-0.2, 0) is 4.79 Å². The first kappa shape index (κ1) is 18.0. The molecular formula is C20H24N4O2. The lowest BCUT2D eigenvalue weighted by atomic mass is 10.0. The topological polar surface area (TPSA) is 84.0 Å². The monoisotopic (exact) mass is 352 g/mol. The minimum atomic E-state index is -0.646. The number of amides is 2. The van der Waals surface area contributed by atoms with Gasteiger partial charge in [0.15, 0.2) is 0 Å². The zero-order valence-electron chi connectivity index (χ0n) is 15.3. The van der Waals surface area contributed by atoms with Gasteiger partial charge in [-0.2, -0.15) is 0 Å². The highest BCUT2D eigenvalue weighted by molar-refractivity contribution is 6.01. The molecule has 26 heavy (non-hydrogen) atoms. The van der Waals surface area contributed by atoms with Crippen LogP contribution in [0, 0.1) is 12.8 Å². The predicted molar refractivity (Wildman–Crippen MR) is 99.9 cm³/mol. The number of hydrogen-bond acceptors (Lipinski definition) is 4. The quantitative estimate of drug-likeness (QED) is 0.837. The van der Waals surface area contributed by atoms with E-state index in [1.54, 1.807) is 24.5 Å². The average Bonchev–Trinajstić information content (AvgIpc) is 3.45. The summed E-state index contributed by atoms with van der Waals surface area (Å²) in [6.07, 6.45) is 5.51. The van der Waals surface area contributed by atoms with E-state index in [9.17, 15) is 9.59 Å². The first-order valence-corrected chi connectivity index (χ1v) is 8.94. The van der Waals surface area contributed by atoms with Crippen molar-refractivity contribution in [2.24, 2.45) is 5.92 Å². The highest BCUT2D eigenvalue weighted by Gasteiger charge is 2.27. The van der Waals surface area contributed by atoms with Gasteiger partial charge in [-0.05, 0) is 37.8 Å². The lowest BCUT2D eigenvalue weighted by Crippen LogP contribution is -2.47. The second-order valence-corrected chi connectivity index (χ2v) is 7.15. The van der Waals surface area contributed by atoms with Crippen LogP contribution in [0.15, 0.2) is 36.7 Å². The molecule has 1 unspecified atom stereocenters. The summed E-state index contributed by atoms with van der Waals surface area (Å²) in [6, 6.07) is 6.61. The van der Waals surface area contributed by atoms with Gasteiger partial charge in [-0.25, -0.2) is 9.97 Å². The predicted octanol–water partition coefficient (Wildman–Crippen LogP) is 3.06. The minimum absolute atomic E-state index is 0.0592. The van der Waals surface area contributed by atoms with E-state index in [-0.39, 0.29) is 17.7 Å². The molecule has 1 saturated carbocycles. The van der Waals surface area contributed by atoms with Gasteiger partial charge < -0.3 is 10.6 Å². The van der Waals surface area contributed by atoms with Gasteiger partial charge in [0.25, 0.3) is 5.91 Å². The summed E-state index contributed by atoms with van der Waals surface area (Å²) in [4.78, 5) is 33.7. The molecular weight excluding hydrogens is 328 g/mol. The zero-order chi connectivity index (χ0) is 18.7. The fraction of sp³-hybridized carbons (Fsp3) is 0.400. The highest BCUT2D eigenvalue weighted by atomic mass is 16.2. The lowest BCUT2D eigenvalue weighted by molar-refractivity contribution is -0.118. The number of carbonyl (C=O) groups excluding carboxylic acids is 2. The Hall–Kier alpha value is -2.76. The second-order valence-electron chi connectivity index (χ2n) is 7.15. The number of nitrogens with zero attached hydrogens (tertiary/aromatic N) is 2. The summed E-state index contributed by atoms with van der Waals surface area (Å²) < 4.78 is 0. The smallest absolute Gasteiger partial charge is 0.251 e. The Bertz CT molecular complexity index is 780. The largest absolute Gasteiger partial charge is 0.340 e. The van der Waals surface area contributed by atoms with E-state index in [1.165, 1.54) is 0 Å². The molecule has 2 N–H and O–H groups in total. The Balaban J connectivity index is 1.65. The molecule has 1 heterocycles. The van der Waals surface area contributed by atoms with Crippen LogP contribution in [0.25, 0.3) is 0 Å². The molecule has 1 fully saturated rings. The summed E-state index contributed by atoms with van der Waals surface area (Å²) in [7, 11) is 0. The molecule has 3 rings (SSSR count). The van der Waals surface area contributed by atoms with E-state index < -0.39 is 6.04 Å². The van der Waals surface area contributed by atoms with Gasteiger partial charge in [-0.15, -0.1) is 0 Å². The second kappa shape index (κ2) is 7.64. The summed E-state index contributed by atoms with van der Waals surface area (Å²) in [5, 5.41) is 5.62. The maximum absolute atomic E-state index is 12.6. The van der Waals surface area contributed by atoms with Gasteiger partial charge >= 0.3 is 0 Å². The van der Waals surface area contributed by atoms with Crippen molar-refractivity contribution in [2.75, 3.05) is 5.32 Å². The molecule has 2 aromatic rings. The molecule has 1 aliphatic rings. The Morgan fingerprint density at radius 2 is 1.69 bits per heavy atom. The Labute approximate surface area is 153 Å². The van der Waals surface area contributed by atoms with Gasteiger partial charge in [0.05, 0.1) is 18.1 Å². The number of rotatable bonds is 6. The molecule has 1 aliphatic carbocycles. The van der Waals surface area contributed by atoms with Crippen molar-refractivity contribution in [1.29, 1.82) is 0 Å². The summed E-state index contributed by atoms with van der Waals surface area (Å²) in [5.74, 6) is 0.700. The molecule has 6 heteroatoms. The SMILES string of the molecule is Cc1ccc(C(=O)NC(C(=O)Nc2cnc(C3CC3)nc2)C(C)C)cc1. The van der Waals surface area contributed by atoms with Crippen LogP contribution in [0.5, 0.6) is 0 Å². The maximum Gasteiger partial charge on any atom is 0.251 e. The molecule has 136 valence electrons. The van der Waals surface area contributed by atoms with Gasteiger partial charge in [-0.3, -0.25) is 9.59 Å². The van der Waals surface area contributed by atoms with Crippen molar-refractivity contribution in [2.45, 2.75) is 45.6 Å². The Kier molecular flexibility index (Phi) is 5.30. The van der Waals surface area contributed by atoms with Crippen molar-refractivity contribution in [1.82, 2.24) is 15.3 Å². The van der Waals surface area contributed by atoms with Gasteiger partial charge in [0.2, 0.25) is 5.91 Å². The van der Waals surface area contributed by atoms with E-state index >= 15 is 0 Å². The van der Waals surface area contributed by atoms with Crippen molar-refractivity contribution < 1.29 is 9.59 Å². The van der Waals surface area contributed by atoms with E-state index in [4.69, 9.17) is 0 Å². The summed E-state index contributed by atoms with van der Waals surface area (Å²) in [6.45, 7) is 5.75. The molecule has 2 amide bonds. The van der Waals surface area contributed by atoms with E-state index in [2.05, 4.69) is 20.6 Å². The molecule has 0 radical (unpaired) electrons. The zero-order valence-corrected chi connectivity index (χ0v) is 15.3. The first-order chi connectivity index (χ1) is 12.4. The molecule has 0 spiro atoms. The number of hydrogen-bond donors (Lipinski definition) is 2. The average molecular weight is 352 g/mol. The third-order valence-corrected chi connectivity index (χ3v) is 4.43. The molecule has 0 aliphatic heterocycles. The number of benzene rings is 1. The molecule has 1 aromatic carbocycles. The van der Waals surface area contributed by atoms with Crippen LogP contribution in [0.4, 0.5) is 5.69 Å². The number of carbonyl (C=O) groups is 2. The van der Waals surface area contributed by atoms with E-state index in [1.807, 2.05) is 32.9 Å². The maximum atomic E-state index is 12.6. The van der Waals surface area contributed by atoms with Crippen LogP contribution >= 0.6 is 0 Å². The van der Waals surface area contributed by atoms with Crippen LogP contribution in [0.3, 0.4) is 0 Å². The molecule has 6 nitrogen and oxygen atoms in total. The summed E-state index contributed by atoms with van der Waals surface area (Å²) >= 11 is 0. The minimum Gasteiger partial charge on any atom is -0.340 e. The van der Waals surface area contributed by atoms with Crippen LogP contribution in [-0.4, -0.2) is 27.8 Å². The van der Waals surface area contributed by atoms with Crippen molar-refractivity contribution >= 4 is 17.5 Å². The van der Waals surface area contributed by atoms with Crippen LogP contribution in [0.2, 0.25) is 0 Å². The Morgan fingerprint density at radius 3 is 2.23 bits per heavy atom. The first-order valence-electron chi connectivity index (χ1n) is 8.94. The molecule has 0 saturated heterocycles. The number of aromatic nitrogens is 2. The number of aryl methyl sites for hydroxylation is 1. The fourth-order valence-electron chi connectivity index (χ4n) is 2.64. The highest BCUT2D eigenvalue weighted by Crippen LogP contribution is 2.37. The van der Waals surface area contributed by atoms with Crippen molar-refractivity contribution in [3.05, 3.63) is 53.6 Å². The van der Waals surface area contributed by atoms with Crippen LogP contribution in [0.1, 0.15) is 54.4 Å². The van der Waals surface area contributed by atoms with Crippen molar-refractivity contribution in [3.8, 4) is 0 Å². The van der Waals surface area contributed by atoms with Crippen molar-refractivity contribution in [3.63, 3.8) is 0 Å². The van der Waals surface area contributed by atoms with Gasteiger partial charge in [0.1, 0.15) is 11.9 Å². The van der Waals surface area contributed by atoms with E-state index in [0.29, 0.717) is 17.2 Å². The third-order valence-electron chi connectivity index (χ3n) is 4.43. The fourth-order valence-corrected chi connectivity index (χ4v) is 2.64.